The molecular formula is C14H24ClN5. The summed E-state index contributed by atoms with van der Waals surface area (Å²) in [4.78, 5) is 0. The molecule has 20 heavy (non-hydrogen) atoms. The number of aryl methyl sites for hydroxylation is 1. The third kappa shape index (κ3) is 4.56. The molecule has 6 heteroatoms. The predicted octanol–water partition coefficient (Wildman–Crippen LogP) is 3.18. The van der Waals surface area contributed by atoms with Gasteiger partial charge in [0.15, 0.2) is 0 Å². The second-order valence-corrected chi connectivity index (χ2v) is 5.22. The van der Waals surface area contributed by atoms with Crippen molar-refractivity contribution in [1.29, 1.82) is 0 Å². The first-order chi connectivity index (χ1) is 9.19. The van der Waals surface area contributed by atoms with Crippen molar-refractivity contribution in [3.05, 3.63) is 30.2 Å². The van der Waals surface area contributed by atoms with E-state index < -0.39 is 0 Å². The van der Waals surface area contributed by atoms with Gasteiger partial charge in [-0.25, -0.2) is 0 Å². The lowest BCUT2D eigenvalue weighted by Gasteiger charge is -2.10. The molecule has 2 aromatic heterocycles. The van der Waals surface area contributed by atoms with E-state index in [4.69, 9.17) is 0 Å². The van der Waals surface area contributed by atoms with Crippen LogP contribution in [0.15, 0.2) is 24.5 Å². The summed E-state index contributed by atoms with van der Waals surface area (Å²) in [6.45, 7) is 9.23. The number of hydrogen-bond donors (Lipinski definition) is 1. The number of hydrogen-bond acceptors (Lipinski definition) is 3. The summed E-state index contributed by atoms with van der Waals surface area (Å²) < 4.78 is 4.02. The zero-order valence-corrected chi connectivity index (χ0v) is 13.2. The third-order valence-electron chi connectivity index (χ3n) is 2.89. The van der Waals surface area contributed by atoms with Gasteiger partial charge in [0, 0.05) is 31.5 Å². The summed E-state index contributed by atoms with van der Waals surface area (Å²) in [5.74, 6) is 1.52. The minimum atomic E-state index is 0. The van der Waals surface area contributed by atoms with Crippen LogP contribution in [-0.2, 0) is 19.6 Å². The molecule has 0 saturated carbocycles. The third-order valence-corrected chi connectivity index (χ3v) is 2.89. The van der Waals surface area contributed by atoms with Gasteiger partial charge < -0.3 is 5.32 Å². The first-order valence-corrected chi connectivity index (χ1v) is 6.97. The van der Waals surface area contributed by atoms with Crippen LogP contribution in [0.4, 0.5) is 5.82 Å². The van der Waals surface area contributed by atoms with Gasteiger partial charge in [-0.05, 0) is 18.4 Å². The molecule has 0 unspecified atom stereocenters. The SMILES string of the molecule is CCCn1ccc(NCc2ccnn2CC(C)C)n1.Cl. The Balaban J connectivity index is 0.00000200. The van der Waals surface area contributed by atoms with E-state index in [0.29, 0.717) is 5.92 Å². The van der Waals surface area contributed by atoms with Crippen LogP contribution >= 0.6 is 12.4 Å². The van der Waals surface area contributed by atoms with E-state index in [9.17, 15) is 0 Å². The van der Waals surface area contributed by atoms with E-state index in [0.717, 1.165) is 31.9 Å². The zero-order valence-electron chi connectivity index (χ0n) is 12.4. The lowest BCUT2D eigenvalue weighted by atomic mass is 10.2. The summed E-state index contributed by atoms with van der Waals surface area (Å²) in [7, 11) is 0. The maximum absolute atomic E-state index is 4.47. The van der Waals surface area contributed by atoms with Crippen molar-refractivity contribution in [3.63, 3.8) is 0 Å². The highest BCUT2D eigenvalue weighted by Gasteiger charge is 2.05. The fraction of sp³-hybridized carbons (Fsp3) is 0.571. The standard InChI is InChI=1S/C14H23N5.ClH/c1-4-8-18-9-6-14(17-18)15-10-13-5-7-16-19(13)11-12(2)3;/h5-7,9,12H,4,8,10-11H2,1-3H3,(H,15,17);1H. The Morgan fingerprint density at radius 1 is 1.30 bits per heavy atom. The van der Waals surface area contributed by atoms with Gasteiger partial charge >= 0.3 is 0 Å². The molecule has 0 aromatic carbocycles. The van der Waals surface area contributed by atoms with Gasteiger partial charge in [0.1, 0.15) is 5.82 Å². The lowest BCUT2D eigenvalue weighted by Crippen LogP contribution is -2.12. The van der Waals surface area contributed by atoms with Crippen LogP contribution < -0.4 is 5.32 Å². The van der Waals surface area contributed by atoms with Crippen molar-refractivity contribution in [3.8, 4) is 0 Å². The van der Waals surface area contributed by atoms with Crippen molar-refractivity contribution < 1.29 is 0 Å². The molecule has 0 atom stereocenters. The molecule has 0 aliphatic rings. The molecule has 2 aromatic rings. The summed E-state index contributed by atoms with van der Waals surface area (Å²) in [6.07, 6.45) is 4.97. The van der Waals surface area contributed by atoms with Crippen LogP contribution in [0.5, 0.6) is 0 Å². The van der Waals surface area contributed by atoms with Crippen molar-refractivity contribution >= 4 is 18.2 Å². The van der Waals surface area contributed by atoms with E-state index in [1.165, 1.54) is 5.69 Å². The average molecular weight is 298 g/mol. The largest absolute Gasteiger partial charge is 0.363 e. The van der Waals surface area contributed by atoms with Gasteiger partial charge in [-0.3, -0.25) is 9.36 Å². The van der Waals surface area contributed by atoms with E-state index in [2.05, 4.69) is 47.0 Å². The number of nitrogens with zero attached hydrogens (tertiary/aromatic N) is 4. The van der Waals surface area contributed by atoms with Crippen LogP contribution in [0.3, 0.4) is 0 Å². The molecule has 0 aliphatic carbocycles. The molecule has 0 bridgehead atoms. The predicted molar refractivity (Wildman–Crippen MR) is 84.2 cm³/mol. The first kappa shape index (κ1) is 16.6. The second kappa shape index (κ2) is 7.94. The number of aromatic nitrogens is 4. The minimum Gasteiger partial charge on any atom is -0.363 e. The number of halogens is 1. The Morgan fingerprint density at radius 2 is 2.10 bits per heavy atom. The molecule has 0 spiro atoms. The van der Waals surface area contributed by atoms with E-state index in [-0.39, 0.29) is 12.4 Å². The van der Waals surface area contributed by atoms with Crippen LogP contribution in [0.1, 0.15) is 32.9 Å². The maximum atomic E-state index is 4.47. The highest BCUT2D eigenvalue weighted by atomic mass is 35.5. The Kier molecular flexibility index (Phi) is 6.58. The quantitative estimate of drug-likeness (QED) is 0.854. The summed E-state index contributed by atoms with van der Waals surface area (Å²) in [5, 5.41) is 12.2. The Morgan fingerprint density at radius 3 is 2.80 bits per heavy atom. The molecule has 112 valence electrons. The molecule has 0 fully saturated rings. The normalized spacial score (nSPS) is 10.6. The molecule has 0 aliphatic heterocycles. The van der Waals surface area contributed by atoms with Gasteiger partial charge in [-0.1, -0.05) is 20.8 Å². The molecule has 0 amide bonds. The molecular weight excluding hydrogens is 274 g/mol. The number of anilines is 1. The topological polar surface area (TPSA) is 47.7 Å². The van der Waals surface area contributed by atoms with Crippen molar-refractivity contribution in [1.82, 2.24) is 19.6 Å². The molecule has 5 nitrogen and oxygen atoms in total. The monoisotopic (exact) mass is 297 g/mol. The van der Waals surface area contributed by atoms with E-state index in [1.54, 1.807) is 0 Å². The van der Waals surface area contributed by atoms with Gasteiger partial charge in [0.05, 0.1) is 12.2 Å². The smallest absolute Gasteiger partial charge is 0.148 e. The highest BCUT2D eigenvalue weighted by molar-refractivity contribution is 5.85. The molecule has 2 heterocycles. The molecule has 1 N–H and O–H groups in total. The Bertz CT molecular complexity index is 503. The average Bonchev–Trinajstić information content (AvgIpc) is 2.96. The summed E-state index contributed by atoms with van der Waals surface area (Å²) in [5.41, 5.74) is 1.19. The minimum absolute atomic E-state index is 0. The van der Waals surface area contributed by atoms with Gasteiger partial charge in [0.25, 0.3) is 0 Å². The van der Waals surface area contributed by atoms with Gasteiger partial charge in [-0.15, -0.1) is 12.4 Å². The zero-order chi connectivity index (χ0) is 13.7. The van der Waals surface area contributed by atoms with Gasteiger partial charge in [-0.2, -0.15) is 10.2 Å². The van der Waals surface area contributed by atoms with Gasteiger partial charge in [0.2, 0.25) is 0 Å². The molecule has 0 radical (unpaired) electrons. The maximum Gasteiger partial charge on any atom is 0.148 e. The molecule has 0 saturated heterocycles. The van der Waals surface area contributed by atoms with Crippen LogP contribution in [0.2, 0.25) is 0 Å². The second-order valence-electron chi connectivity index (χ2n) is 5.22. The number of nitrogens with one attached hydrogen (secondary N) is 1. The summed E-state index contributed by atoms with van der Waals surface area (Å²) >= 11 is 0. The Labute approximate surface area is 126 Å². The van der Waals surface area contributed by atoms with Crippen LogP contribution in [-0.4, -0.2) is 19.6 Å². The van der Waals surface area contributed by atoms with E-state index >= 15 is 0 Å². The van der Waals surface area contributed by atoms with E-state index in [1.807, 2.05) is 23.1 Å². The molecule has 2 rings (SSSR count). The Hall–Kier alpha value is -1.49. The lowest BCUT2D eigenvalue weighted by molar-refractivity contribution is 0.470. The van der Waals surface area contributed by atoms with Crippen molar-refractivity contribution in [2.24, 2.45) is 5.92 Å². The fourth-order valence-corrected chi connectivity index (χ4v) is 2.01. The summed E-state index contributed by atoms with van der Waals surface area (Å²) in [6, 6.07) is 4.07. The highest BCUT2D eigenvalue weighted by Crippen LogP contribution is 2.08. The van der Waals surface area contributed by atoms with Crippen molar-refractivity contribution in [2.45, 2.75) is 46.8 Å². The fourth-order valence-electron chi connectivity index (χ4n) is 2.01. The van der Waals surface area contributed by atoms with Crippen LogP contribution in [0.25, 0.3) is 0 Å². The first-order valence-electron chi connectivity index (χ1n) is 6.97. The number of rotatable bonds is 7. The van der Waals surface area contributed by atoms with Crippen molar-refractivity contribution in [2.75, 3.05) is 5.32 Å². The van der Waals surface area contributed by atoms with Crippen LogP contribution in [0, 0.1) is 5.92 Å².